The number of fused-ring (bicyclic) bond motifs is 2. The third-order valence-corrected chi connectivity index (χ3v) is 7.16. The van der Waals surface area contributed by atoms with Crippen molar-refractivity contribution in [1.29, 1.82) is 0 Å². The fourth-order valence-corrected chi connectivity index (χ4v) is 5.12. The van der Waals surface area contributed by atoms with Gasteiger partial charge in [-0.25, -0.2) is 0 Å². The van der Waals surface area contributed by atoms with Crippen molar-refractivity contribution in [2.75, 3.05) is 0 Å². The van der Waals surface area contributed by atoms with Gasteiger partial charge in [-0.1, -0.05) is 86.0 Å². The van der Waals surface area contributed by atoms with Crippen molar-refractivity contribution in [2.24, 2.45) is 0 Å². The summed E-state index contributed by atoms with van der Waals surface area (Å²) in [5.41, 5.74) is 11.4. The third kappa shape index (κ3) is 4.69. The highest BCUT2D eigenvalue weighted by molar-refractivity contribution is 6.01. The Kier molecular flexibility index (Phi) is 6.44. The lowest BCUT2D eigenvalue weighted by atomic mass is 10.0. The largest absolute Gasteiger partial charge is 0.356 e. The molecule has 0 unspecified atom stereocenters. The fraction of sp³-hybridized carbons (Fsp3) is 0.0571. The molecule has 1 aliphatic rings. The number of allylic oxidation sites excluding steroid dienone is 8. The number of nitrogens with one attached hydrogen (secondary N) is 3. The van der Waals surface area contributed by atoms with Crippen LogP contribution >= 0.6 is 0 Å². The average molecular weight is 507 g/mol. The van der Waals surface area contributed by atoms with Crippen molar-refractivity contribution in [3.63, 3.8) is 0 Å². The Bertz CT molecular complexity index is 1840. The van der Waals surface area contributed by atoms with Gasteiger partial charge < -0.3 is 10.3 Å². The van der Waals surface area contributed by atoms with E-state index in [1.807, 2.05) is 43.3 Å². The van der Waals surface area contributed by atoms with Crippen LogP contribution < -0.4 is 5.32 Å². The van der Waals surface area contributed by atoms with Crippen LogP contribution in [-0.2, 0) is 0 Å². The smallest absolute Gasteiger partial charge is 0.116 e. The Labute approximate surface area is 228 Å². The summed E-state index contributed by atoms with van der Waals surface area (Å²) in [4.78, 5) is 3.60. The van der Waals surface area contributed by atoms with Gasteiger partial charge in [-0.3, -0.25) is 5.10 Å². The second-order valence-corrected chi connectivity index (χ2v) is 9.60. The molecular weight excluding hydrogens is 476 g/mol. The molecule has 5 aromatic rings. The number of benzene rings is 3. The van der Waals surface area contributed by atoms with E-state index in [1.54, 1.807) is 0 Å². The molecule has 3 N–H and O–H groups in total. The topological polar surface area (TPSA) is 56.5 Å². The highest BCUT2D eigenvalue weighted by Crippen LogP contribution is 2.35. The summed E-state index contributed by atoms with van der Waals surface area (Å²) in [7, 11) is 0. The third-order valence-electron chi connectivity index (χ3n) is 7.16. The first-order valence-electron chi connectivity index (χ1n) is 13.1. The van der Waals surface area contributed by atoms with Gasteiger partial charge in [-0.05, 0) is 77.6 Å². The number of nitrogens with zero attached hydrogens (tertiary/aromatic N) is 1. The summed E-state index contributed by atoms with van der Waals surface area (Å²) in [6, 6.07) is 25.1. The lowest BCUT2D eigenvalue weighted by Gasteiger charge is -2.12. The van der Waals surface area contributed by atoms with Gasteiger partial charge in [-0.2, -0.15) is 5.10 Å². The maximum atomic E-state index is 4.70. The molecule has 0 saturated carbocycles. The van der Waals surface area contributed by atoms with Crippen LogP contribution in [0.5, 0.6) is 0 Å². The fourth-order valence-electron chi connectivity index (χ4n) is 5.12. The highest BCUT2D eigenvalue weighted by Gasteiger charge is 2.15. The van der Waals surface area contributed by atoms with Crippen LogP contribution in [0, 0.1) is 0 Å². The van der Waals surface area contributed by atoms with Crippen molar-refractivity contribution >= 4 is 38.6 Å². The molecule has 1 aliphatic carbocycles. The Balaban J connectivity index is 1.35. The average Bonchev–Trinajstić information content (AvgIpc) is 3.74. The van der Waals surface area contributed by atoms with Crippen molar-refractivity contribution < 1.29 is 0 Å². The number of hydrogen-bond donors (Lipinski definition) is 3. The lowest BCUT2D eigenvalue weighted by Crippen LogP contribution is -2.09. The first-order valence-corrected chi connectivity index (χ1v) is 13.1. The molecule has 0 spiro atoms. The normalized spacial score (nSPS) is 13.7. The van der Waals surface area contributed by atoms with Crippen molar-refractivity contribution in [2.45, 2.75) is 13.3 Å². The van der Waals surface area contributed by atoms with Gasteiger partial charge in [0.2, 0.25) is 0 Å². The van der Waals surface area contributed by atoms with Gasteiger partial charge >= 0.3 is 0 Å². The summed E-state index contributed by atoms with van der Waals surface area (Å²) in [6.45, 7) is 10.3. The number of rotatable bonds is 8. The van der Waals surface area contributed by atoms with E-state index in [0.29, 0.717) is 0 Å². The Hall–Kier alpha value is -5.09. The number of aromatic nitrogens is 3. The van der Waals surface area contributed by atoms with Gasteiger partial charge in [-0.15, -0.1) is 0 Å². The van der Waals surface area contributed by atoms with Crippen LogP contribution in [0.3, 0.4) is 0 Å². The molecule has 3 aromatic carbocycles. The molecule has 6 rings (SSSR count). The summed E-state index contributed by atoms with van der Waals surface area (Å²) in [5, 5.41) is 13.6. The van der Waals surface area contributed by atoms with Crippen LogP contribution in [0.1, 0.15) is 30.0 Å². The first-order chi connectivity index (χ1) is 19.1. The van der Waals surface area contributed by atoms with Crippen LogP contribution in [-0.4, -0.2) is 15.2 Å². The zero-order valence-corrected chi connectivity index (χ0v) is 22.0. The Morgan fingerprint density at radius 1 is 0.949 bits per heavy atom. The number of hydrogen-bond acceptors (Lipinski definition) is 2. The summed E-state index contributed by atoms with van der Waals surface area (Å²) in [5.74, 6) is 0. The van der Waals surface area contributed by atoms with E-state index >= 15 is 0 Å². The van der Waals surface area contributed by atoms with Gasteiger partial charge in [0.25, 0.3) is 0 Å². The van der Waals surface area contributed by atoms with E-state index in [-0.39, 0.29) is 0 Å². The second kappa shape index (κ2) is 10.3. The molecule has 0 aliphatic heterocycles. The van der Waals surface area contributed by atoms with Crippen molar-refractivity contribution in [3.8, 4) is 11.4 Å². The molecule has 0 atom stereocenters. The molecule has 0 bridgehead atoms. The SMILES string of the molecule is C=C/C(=C\C(=C/C)c1ccc2[nH]nc(-c3cc4c(C5=CCC=C5)cccc4[nH]3)c2c1)NC(=C)c1ccccc1. The van der Waals surface area contributed by atoms with Gasteiger partial charge in [0.05, 0.1) is 11.2 Å². The van der Waals surface area contributed by atoms with Gasteiger partial charge in [0.1, 0.15) is 5.69 Å². The summed E-state index contributed by atoms with van der Waals surface area (Å²) in [6.07, 6.45) is 13.7. The first kappa shape index (κ1) is 24.3. The van der Waals surface area contributed by atoms with E-state index < -0.39 is 0 Å². The molecule has 4 nitrogen and oxygen atoms in total. The van der Waals surface area contributed by atoms with Crippen molar-refractivity contribution in [1.82, 2.24) is 20.5 Å². The molecular formula is C35H30N4. The molecule has 2 heterocycles. The predicted octanol–water partition coefficient (Wildman–Crippen LogP) is 8.79. The predicted molar refractivity (Wildman–Crippen MR) is 166 cm³/mol. The van der Waals surface area contributed by atoms with Crippen LogP contribution in [0.15, 0.2) is 128 Å². The zero-order chi connectivity index (χ0) is 26.8. The Morgan fingerprint density at radius 2 is 1.82 bits per heavy atom. The summed E-state index contributed by atoms with van der Waals surface area (Å²) >= 11 is 0. The minimum Gasteiger partial charge on any atom is -0.356 e. The van der Waals surface area contributed by atoms with E-state index in [1.165, 1.54) is 16.5 Å². The maximum absolute atomic E-state index is 4.70. The van der Waals surface area contributed by atoms with Gasteiger partial charge in [0.15, 0.2) is 0 Å². The summed E-state index contributed by atoms with van der Waals surface area (Å²) < 4.78 is 0. The molecule has 0 saturated heterocycles. The standard InChI is InChI=1S/C35H30N4/c1-4-24(20-28(5-2)36-23(3)25-12-7-6-8-13-25)27-18-19-33-31(21-27)35(39-38-33)34-22-30-29(26-14-9-10-15-26)16-11-17-32(30)37-34/h4-9,11-22,36-37H,2-3,10H2,1H3,(H,38,39)/b24-4+,28-20+. The van der Waals surface area contributed by atoms with E-state index in [9.17, 15) is 0 Å². The zero-order valence-electron chi connectivity index (χ0n) is 22.0. The molecule has 190 valence electrons. The highest BCUT2D eigenvalue weighted by atomic mass is 15.1. The number of aromatic amines is 2. The van der Waals surface area contributed by atoms with Gasteiger partial charge in [0, 0.05) is 27.7 Å². The van der Waals surface area contributed by atoms with Crippen LogP contribution in [0.25, 0.3) is 50.0 Å². The Morgan fingerprint density at radius 3 is 2.59 bits per heavy atom. The molecule has 2 aromatic heterocycles. The van der Waals surface area contributed by atoms with Crippen LogP contribution in [0.2, 0.25) is 0 Å². The minimum atomic E-state index is 0.826. The minimum absolute atomic E-state index is 0.826. The van der Waals surface area contributed by atoms with E-state index in [4.69, 9.17) is 5.10 Å². The molecule has 0 amide bonds. The molecule has 0 radical (unpaired) electrons. The lowest BCUT2D eigenvalue weighted by molar-refractivity contribution is 1.12. The van der Waals surface area contributed by atoms with E-state index in [0.717, 1.165) is 62.3 Å². The quantitative estimate of drug-likeness (QED) is 0.184. The second-order valence-electron chi connectivity index (χ2n) is 9.60. The van der Waals surface area contributed by atoms with Crippen LogP contribution in [0.4, 0.5) is 0 Å². The molecule has 39 heavy (non-hydrogen) atoms. The number of H-pyrrole nitrogens is 2. The maximum Gasteiger partial charge on any atom is 0.116 e. The monoisotopic (exact) mass is 506 g/mol. The molecule has 4 heteroatoms. The van der Waals surface area contributed by atoms with Crippen molar-refractivity contribution in [3.05, 3.63) is 145 Å². The molecule has 0 fully saturated rings. The van der Waals surface area contributed by atoms with E-state index in [2.05, 4.69) is 101 Å².